The van der Waals surface area contributed by atoms with Crippen LogP contribution in [0.1, 0.15) is 30.9 Å². The van der Waals surface area contributed by atoms with Crippen molar-refractivity contribution in [2.45, 2.75) is 19.8 Å². The standard InChI is InChI=1S/C16H14N2O4/c1-8-12(15(19)20)14(13(16(21)22)9(2)18-8)11-5-3-10(7-17)4-6-11/h3-6,12,14H,1-2H3,(H,19,20)(H,21,22). The van der Waals surface area contributed by atoms with Gasteiger partial charge in [-0.05, 0) is 31.5 Å². The second-order valence-corrected chi connectivity index (χ2v) is 5.08. The number of carbonyl (C=O) groups is 2. The minimum absolute atomic E-state index is 0.0253. The summed E-state index contributed by atoms with van der Waals surface area (Å²) in [7, 11) is 0. The van der Waals surface area contributed by atoms with Gasteiger partial charge in [0.05, 0.1) is 17.2 Å². The van der Waals surface area contributed by atoms with Crippen LogP contribution in [0.5, 0.6) is 0 Å². The minimum atomic E-state index is -1.19. The Bertz CT molecular complexity index is 738. The number of aliphatic carboxylic acids is 2. The molecule has 0 saturated heterocycles. The van der Waals surface area contributed by atoms with Crippen LogP contribution in [0.25, 0.3) is 0 Å². The quantitative estimate of drug-likeness (QED) is 0.888. The van der Waals surface area contributed by atoms with Crippen molar-refractivity contribution < 1.29 is 19.8 Å². The molecule has 1 aromatic rings. The van der Waals surface area contributed by atoms with Crippen molar-refractivity contribution in [2.24, 2.45) is 10.9 Å². The molecule has 0 saturated carbocycles. The number of aliphatic imine (C=N–C) groups is 1. The van der Waals surface area contributed by atoms with E-state index in [9.17, 15) is 19.8 Å². The summed E-state index contributed by atoms with van der Waals surface area (Å²) in [5.41, 5.74) is 1.61. The van der Waals surface area contributed by atoms with Crippen molar-refractivity contribution in [3.8, 4) is 6.07 Å². The molecule has 2 atom stereocenters. The van der Waals surface area contributed by atoms with Gasteiger partial charge in [-0.2, -0.15) is 5.26 Å². The summed E-state index contributed by atoms with van der Waals surface area (Å²) in [6, 6.07) is 8.25. The fourth-order valence-electron chi connectivity index (χ4n) is 2.76. The Hall–Kier alpha value is -2.94. The molecule has 0 amide bonds. The zero-order valence-electron chi connectivity index (χ0n) is 12.1. The zero-order valence-corrected chi connectivity index (χ0v) is 12.1. The molecule has 2 N–H and O–H groups in total. The number of carboxylic acid groups (broad SMARTS) is 2. The van der Waals surface area contributed by atoms with Crippen LogP contribution in [0.2, 0.25) is 0 Å². The third-order valence-corrected chi connectivity index (χ3v) is 3.72. The first kappa shape index (κ1) is 15.4. The van der Waals surface area contributed by atoms with Crippen LogP contribution in [0, 0.1) is 17.2 Å². The third kappa shape index (κ3) is 2.61. The SMILES string of the molecule is CC1=NC(C)=C(C(=O)O)C(c2ccc(C#N)cc2)C1C(=O)O. The van der Waals surface area contributed by atoms with Crippen LogP contribution < -0.4 is 0 Å². The van der Waals surface area contributed by atoms with E-state index in [2.05, 4.69) is 4.99 Å². The Morgan fingerprint density at radius 1 is 1.18 bits per heavy atom. The van der Waals surface area contributed by atoms with Crippen molar-refractivity contribution in [3.05, 3.63) is 46.7 Å². The maximum Gasteiger partial charge on any atom is 0.334 e. The van der Waals surface area contributed by atoms with Gasteiger partial charge in [-0.3, -0.25) is 9.79 Å². The number of rotatable bonds is 3. The van der Waals surface area contributed by atoms with Gasteiger partial charge < -0.3 is 10.2 Å². The molecule has 0 radical (unpaired) electrons. The Kier molecular flexibility index (Phi) is 4.08. The fourth-order valence-corrected chi connectivity index (χ4v) is 2.76. The Morgan fingerprint density at radius 2 is 1.77 bits per heavy atom. The molecule has 2 rings (SSSR count). The van der Waals surface area contributed by atoms with Crippen molar-refractivity contribution >= 4 is 17.7 Å². The lowest BCUT2D eigenvalue weighted by Crippen LogP contribution is -2.34. The van der Waals surface area contributed by atoms with Crippen molar-refractivity contribution in [1.82, 2.24) is 0 Å². The van der Waals surface area contributed by atoms with Crippen molar-refractivity contribution in [2.75, 3.05) is 0 Å². The molecule has 0 aliphatic carbocycles. The number of allylic oxidation sites excluding steroid dienone is 1. The number of nitrogens with zero attached hydrogens (tertiary/aromatic N) is 2. The fraction of sp³-hybridized carbons (Fsp3) is 0.250. The maximum absolute atomic E-state index is 11.6. The van der Waals surface area contributed by atoms with Crippen LogP contribution in [0.4, 0.5) is 0 Å². The van der Waals surface area contributed by atoms with Crippen LogP contribution in [-0.4, -0.2) is 27.9 Å². The highest BCUT2D eigenvalue weighted by Crippen LogP contribution is 2.39. The number of carboxylic acids is 2. The first-order valence-corrected chi connectivity index (χ1v) is 6.59. The molecular formula is C16H14N2O4. The molecular weight excluding hydrogens is 284 g/mol. The lowest BCUT2D eigenvalue weighted by atomic mass is 9.75. The molecule has 0 fully saturated rings. The predicted octanol–water partition coefficient (Wildman–Crippen LogP) is 2.18. The Balaban J connectivity index is 2.64. The second-order valence-electron chi connectivity index (χ2n) is 5.08. The smallest absolute Gasteiger partial charge is 0.334 e. The number of benzene rings is 1. The van der Waals surface area contributed by atoms with Crippen LogP contribution in [0.15, 0.2) is 40.5 Å². The van der Waals surface area contributed by atoms with E-state index in [1.165, 1.54) is 0 Å². The van der Waals surface area contributed by atoms with Gasteiger partial charge in [-0.25, -0.2) is 4.79 Å². The summed E-state index contributed by atoms with van der Waals surface area (Å²) in [6.07, 6.45) is 0. The van der Waals surface area contributed by atoms with E-state index in [-0.39, 0.29) is 5.57 Å². The van der Waals surface area contributed by atoms with E-state index in [0.717, 1.165) is 0 Å². The van der Waals surface area contributed by atoms with Crippen molar-refractivity contribution in [1.29, 1.82) is 5.26 Å². The van der Waals surface area contributed by atoms with Gasteiger partial charge in [0, 0.05) is 17.3 Å². The Labute approximate surface area is 127 Å². The van der Waals surface area contributed by atoms with Gasteiger partial charge in [0.15, 0.2) is 0 Å². The van der Waals surface area contributed by atoms with Gasteiger partial charge in [0.1, 0.15) is 5.92 Å². The lowest BCUT2D eigenvalue weighted by molar-refractivity contribution is -0.140. The molecule has 0 aromatic heterocycles. The van der Waals surface area contributed by atoms with Gasteiger partial charge in [0.25, 0.3) is 0 Å². The van der Waals surface area contributed by atoms with E-state index in [0.29, 0.717) is 22.5 Å². The maximum atomic E-state index is 11.6. The highest BCUT2D eigenvalue weighted by molar-refractivity contribution is 6.06. The predicted molar refractivity (Wildman–Crippen MR) is 78.5 cm³/mol. The molecule has 0 bridgehead atoms. The van der Waals surface area contributed by atoms with Crippen LogP contribution in [0.3, 0.4) is 0 Å². The third-order valence-electron chi connectivity index (χ3n) is 3.72. The van der Waals surface area contributed by atoms with E-state index < -0.39 is 23.8 Å². The molecule has 1 aliphatic rings. The van der Waals surface area contributed by atoms with Gasteiger partial charge >= 0.3 is 11.9 Å². The summed E-state index contributed by atoms with van der Waals surface area (Å²) < 4.78 is 0. The summed E-state index contributed by atoms with van der Waals surface area (Å²) in [5.74, 6) is -4.18. The van der Waals surface area contributed by atoms with Crippen LogP contribution >= 0.6 is 0 Å². The lowest BCUT2D eigenvalue weighted by Gasteiger charge is -2.29. The highest BCUT2D eigenvalue weighted by atomic mass is 16.4. The minimum Gasteiger partial charge on any atom is -0.481 e. The van der Waals surface area contributed by atoms with Crippen LogP contribution in [-0.2, 0) is 9.59 Å². The normalized spacial score (nSPS) is 21.0. The van der Waals surface area contributed by atoms with Gasteiger partial charge in [-0.1, -0.05) is 12.1 Å². The monoisotopic (exact) mass is 298 g/mol. The average molecular weight is 298 g/mol. The summed E-state index contributed by atoms with van der Waals surface area (Å²) >= 11 is 0. The summed E-state index contributed by atoms with van der Waals surface area (Å²) in [4.78, 5) is 27.3. The molecule has 1 aliphatic heterocycles. The van der Waals surface area contributed by atoms with E-state index in [1.807, 2.05) is 6.07 Å². The number of hydrogen-bond donors (Lipinski definition) is 2. The van der Waals surface area contributed by atoms with Gasteiger partial charge in [0.2, 0.25) is 0 Å². The number of hydrogen-bond acceptors (Lipinski definition) is 4. The van der Waals surface area contributed by atoms with E-state index >= 15 is 0 Å². The van der Waals surface area contributed by atoms with Gasteiger partial charge in [-0.15, -0.1) is 0 Å². The highest BCUT2D eigenvalue weighted by Gasteiger charge is 2.40. The second kappa shape index (κ2) is 5.82. The average Bonchev–Trinajstić information content (AvgIpc) is 2.45. The molecule has 0 spiro atoms. The van der Waals surface area contributed by atoms with E-state index in [4.69, 9.17) is 5.26 Å². The summed E-state index contributed by atoms with van der Waals surface area (Å²) in [5, 5.41) is 27.8. The number of nitriles is 1. The molecule has 112 valence electrons. The molecule has 1 heterocycles. The first-order chi connectivity index (χ1) is 10.4. The molecule has 2 unspecified atom stereocenters. The molecule has 6 heteroatoms. The topological polar surface area (TPSA) is 111 Å². The first-order valence-electron chi connectivity index (χ1n) is 6.59. The van der Waals surface area contributed by atoms with Crippen molar-refractivity contribution in [3.63, 3.8) is 0 Å². The largest absolute Gasteiger partial charge is 0.481 e. The Morgan fingerprint density at radius 3 is 2.23 bits per heavy atom. The molecule has 22 heavy (non-hydrogen) atoms. The molecule has 1 aromatic carbocycles. The van der Waals surface area contributed by atoms with E-state index in [1.54, 1.807) is 38.1 Å². The molecule has 6 nitrogen and oxygen atoms in total. The summed E-state index contributed by atoms with van der Waals surface area (Å²) in [6.45, 7) is 3.14. The zero-order chi connectivity index (χ0) is 16.4.